The highest BCUT2D eigenvalue weighted by Gasteiger charge is 2.19. The van der Waals surface area contributed by atoms with Crippen LogP contribution in [0.2, 0.25) is 0 Å². The summed E-state index contributed by atoms with van der Waals surface area (Å²) in [6, 6.07) is 2.56. The molecular weight excluding hydrogens is 262 g/mol. The Bertz CT molecular complexity index is 359. The molecule has 0 aromatic heterocycles. The van der Waals surface area contributed by atoms with Gasteiger partial charge in [-0.3, -0.25) is 0 Å². The summed E-state index contributed by atoms with van der Waals surface area (Å²) in [5.74, 6) is -0.653. The van der Waals surface area contributed by atoms with Gasteiger partial charge < -0.3 is 0 Å². The Labute approximate surface area is 97.8 Å². The van der Waals surface area contributed by atoms with Crippen LogP contribution in [0.25, 0.3) is 0 Å². The number of aryl methyl sites for hydroxylation is 1. The second-order valence-electron chi connectivity index (χ2n) is 4.67. The zero-order valence-corrected chi connectivity index (χ0v) is 10.8. The molecule has 84 valence electrons. The fourth-order valence-corrected chi connectivity index (χ4v) is 1.58. The molecule has 0 aliphatic rings. The van der Waals surface area contributed by atoms with Crippen molar-refractivity contribution in [3.05, 3.63) is 34.9 Å². The average Bonchev–Trinajstić information content (AvgIpc) is 2.14. The van der Waals surface area contributed by atoms with Crippen molar-refractivity contribution < 1.29 is 8.78 Å². The van der Waals surface area contributed by atoms with Crippen molar-refractivity contribution in [2.75, 3.05) is 5.33 Å². The highest BCUT2D eigenvalue weighted by atomic mass is 79.9. The molecule has 0 unspecified atom stereocenters. The smallest absolute Gasteiger partial charge is 0.126 e. The molecule has 0 heterocycles. The van der Waals surface area contributed by atoms with Crippen LogP contribution in [-0.4, -0.2) is 5.33 Å². The normalized spacial score (nSPS) is 11.9. The first kappa shape index (κ1) is 12.6. The van der Waals surface area contributed by atoms with E-state index in [4.69, 9.17) is 0 Å². The van der Waals surface area contributed by atoms with Crippen molar-refractivity contribution in [2.45, 2.75) is 27.2 Å². The monoisotopic (exact) mass is 276 g/mol. The zero-order valence-electron chi connectivity index (χ0n) is 9.20. The molecule has 0 nitrogen and oxygen atoms in total. The average molecular weight is 277 g/mol. The van der Waals surface area contributed by atoms with Crippen molar-refractivity contribution in [3.63, 3.8) is 0 Å². The third-order valence-corrected chi connectivity index (χ3v) is 3.88. The summed E-state index contributed by atoms with van der Waals surface area (Å²) in [4.78, 5) is 0. The summed E-state index contributed by atoms with van der Waals surface area (Å²) in [6.45, 7) is 5.59. The molecule has 0 spiro atoms. The number of hydrogen-bond acceptors (Lipinski definition) is 0. The molecular formula is C12H15BrF2. The van der Waals surface area contributed by atoms with E-state index in [1.165, 1.54) is 12.1 Å². The maximum Gasteiger partial charge on any atom is 0.126 e. The highest BCUT2D eigenvalue weighted by Crippen LogP contribution is 2.26. The van der Waals surface area contributed by atoms with E-state index in [1.54, 1.807) is 6.92 Å². The molecule has 0 aliphatic heterocycles. The van der Waals surface area contributed by atoms with Gasteiger partial charge in [-0.2, -0.15) is 0 Å². The van der Waals surface area contributed by atoms with E-state index in [0.717, 1.165) is 5.33 Å². The van der Waals surface area contributed by atoms with Crippen molar-refractivity contribution in [3.8, 4) is 0 Å². The van der Waals surface area contributed by atoms with Crippen LogP contribution in [0.4, 0.5) is 8.78 Å². The summed E-state index contributed by atoms with van der Waals surface area (Å²) >= 11 is 3.37. The van der Waals surface area contributed by atoms with Crippen LogP contribution in [0, 0.1) is 24.0 Å². The zero-order chi connectivity index (χ0) is 11.6. The molecule has 3 heteroatoms. The van der Waals surface area contributed by atoms with E-state index in [-0.39, 0.29) is 17.0 Å². The first-order valence-electron chi connectivity index (χ1n) is 4.86. The van der Waals surface area contributed by atoms with Gasteiger partial charge in [0.25, 0.3) is 0 Å². The molecule has 1 aromatic carbocycles. The van der Waals surface area contributed by atoms with E-state index in [9.17, 15) is 8.78 Å². The molecule has 0 radical (unpaired) electrons. The van der Waals surface area contributed by atoms with Crippen LogP contribution < -0.4 is 0 Å². The van der Waals surface area contributed by atoms with Crippen LogP contribution >= 0.6 is 15.9 Å². The second-order valence-corrected chi connectivity index (χ2v) is 5.23. The first-order valence-corrected chi connectivity index (χ1v) is 5.98. The van der Waals surface area contributed by atoms with E-state index in [1.807, 2.05) is 13.8 Å². The fraction of sp³-hybridized carbons (Fsp3) is 0.500. The van der Waals surface area contributed by atoms with Crippen LogP contribution in [0.5, 0.6) is 0 Å². The summed E-state index contributed by atoms with van der Waals surface area (Å²) in [7, 11) is 0. The van der Waals surface area contributed by atoms with Gasteiger partial charge in [0, 0.05) is 5.33 Å². The quantitative estimate of drug-likeness (QED) is 0.725. The van der Waals surface area contributed by atoms with Gasteiger partial charge in [0.2, 0.25) is 0 Å². The maximum atomic E-state index is 13.5. The summed E-state index contributed by atoms with van der Waals surface area (Å²) in [6.07, 6.45) is 0.529. The third kappa shape index (κ3) is 3.26. The molecule has 1 aromatic rings. The molecule has 15 heavy (non-hydrogen) atoms. The first-order chi connectivity index (χ1) is 6.85. The van der Waals surface area contributed by atoms with Gasteiger partial charge in [-0.25, -0.2) is 8.78 Å². The van der Waals surface area contributed by atoms with Crippen LogP contribution in [0.15, 0.2) is 12.1 Å². The Morgan fingerprint density at radius 2 is 1.80 bits per heavy atom. The molecule has 1 rings (SSSR count). The summed E-state index contributed by atoms with van der Waals surface area (Å²) in [5, 5.41) is 0.759. The van der Waals surface area contributed by atoms with Crippen LogP contribution in [0.3, 0.4) is 0 Å². The number of rotatable bonds is 3. The van der Waals surface area contributed by atoms with Gasteiger partial charge in [-0.1, -0.05) is 29.8 Å². The van der Waals surface area contributed by atoms with Crippen molar-refractivity contribution in [2.24, 2.45) is 5.41 Å². The Morgan fingerprint density at radius 3 is 2.33 bits per heavy atom. The Kier molecular flexibility index (Phi) is 3.87. The van der Waals surface area contributed by atoms with E-state index < -0.39 is 0 Å². The molecule has 0 N–H and O–H groups in total. The van der Waals surface area contributed by atoms with Gasteiger partial charge in [-0.15, -0.1) is 0 Å². The fourth-order valence-electron chi connectivity index (χ4n) is 1.39. The van der Waals surface area contributed by atoms with E-state index in [0.29, 0.717) is 17.5 Å². The minimum absolute atomic E-state index is 0.0669. The van der Waals surface area contributed by atoms with E-state index in [2.05, 4.69) is 15.9 Å². The van der Waals surface area contributed by atoms with Crippen LogP contribution in [0.1, 0.15) is 25.0 Å². The number of alkyl halides is 1. The predicted octanol–water partition coefficient (Wildman–Crippen LogP) is 4.24. The largest absolute Gasteiger partial charge is 0.207 e. The van der Waals surface area contributed by atoms with Gasteiger partial charge >= 0.3 is 0 Å². The highest BCUT2D eigenvalue weighted by molar-refractivity contribution is 9.09. The lowest BCUT2D eigenvalue weighted by Crippen LogP contribution is -2.17. The molecule has 0 amide bonds. The van der Waals surface area contributed by atoms with Gasteiger partial charge in [0.1, 0.15) is 11.6 Å². The summed E-state index contributed by atoms with van der Waals surface area (Å²) in [5.41, 5.74) is 0.734. The van der Waals surface area contributed by atoms with Gasteiger partial charge in [-0.05, 0) is 42.0 Å². The van der Waals surface area contributed by atoms with Gasteiger partial charge in [0.05, 0.1) is 0 Å². The molecule has 0 saturated heterocycles. The number of halogens is 3. The predicted molar refractivity (Wildman–Crippen MR) is 62.4 cm³/mol. The Balaban J connectivity index is 3.01. The molecule has 0 saturated carbocycles. The Morgan fingerprint density at radius 1 is 1.20 bits per heavy atom. The topological polar surface area (TPSA) is 0 Å². The minimum Gasteiger partial charge on any atom is -0.207 e. The van der Waals surface area contributed by atoms with Crippen molar-refractivity contribution in [1.29, 1.82) is 0 Å². The Hall–Kier alpha value is -0.440. The lowest BCUT2D eigenvalue weighted by molar-refractivity contribution is 0.413. The summed E-state index contributed by atoms with van der Waals surface area (Å²) < 4.78 is 26.8. The van der Waals surface area contributed by atoms with E-state index >= 15 is 0 Å². The number of benzene rings is 1. The van der Waals surface area contributed by atoms with Crippen molar-refractivity contribution in [1.82, 2.24) is 0 Å². The maximum absolute atomic E-state index is 13.5. The minimum atomic E-state index is -0.336. The lowest BCUT2D eigenvalue weighted by atomic mass is 9.87. The third-order valence-electron chi connectivity index (χ3n) is 2.36. The molecule has 0 atom stereocenters. The number of hydrogen-bond donors (Lipinski definition) is 0. The molecule has 0 aliphatic carbocycles. The van der Waals surface area contributed by atoms with Crippen LogP contribution in [-0.2, 0) is 6.42 Å². The van der Waals surface area contributed by atoms with Crippen molar-refractivity contribution >= 4 is 15.9 Å². The van der Waals surface area contributed by atoms with Gasteiger partial charge in [0.15, 0.2) is 0 Å². The lowest BCUT2D eigenvalue weighted by Gasteiger charge is -2.22. The second kappa shape index (κ2) is 4.60. The SMILES string of the molecule is Cc1cc(F)c(CC(C)(C)CBr)cc1F. The molecule has 0 bridgehead atoms. The molecule has 0 fully saturated rings. The standard InChI is InChI=1S/C12H15BrF2/c1-8-4-11(15)9(5-10(8)14)6-12(2,3)7-13/h4-5H,6-7H2,1-3H3.